The Morgan fingerprint density at radius 2 is 1.77 bits per heavy atom. The van der Waals surface area contributed by atoms with Gasteiger partial charge in [0.2, 0.25) is 0 Å². The third kappa shape index (κ3) is 6.79. The molecule has 178 valence electrons. The molecule has 1 heterocycles. The molecule has 1 aliphatic heterocycles. The van der Waals surface area contributed by atoms with Gasteiger partial charge in [0.05, 0.1) is 28.4 Å². The Morgan fingerprint density at radius 3 is 2.49 bits per heavy atom. The van der Waals surface area contributed by atoms with Crippen LogP contribution in [0.15, 0.2) is 76.6 Å². The van der Waals surface area contributed by atoms with Crippen LogP contribution in [0.25, 0.3) is 6.08 Å². The summed E-state index contributed by atoms with van der Waals surface area (Å²) in [7, 11) is 1.60. The van der Waals surface area contributed by atoms with Gasteiger partial charge < -0.3 is 20.1 Å². The van der Waals surface area contributed by atoms with E-state index in [4.69, 9.17) is 32.7 Å². The smallest absolute Gasteiger partial charge is 0.264 e. The number of amides is 2. The monoisotopic (exact) mass is 527 g/mol. The van der Waals surface area contributed by atoms with Gasteiger partial charge in [0.25, 0.3) is 11.8 Å². The number of hydrogen-bond acceptors (Lipinski definition) is 6. The number of nitrogens with zero attached hydrogens (tertiary/aromatic N) is 1. The fraction of sp³-hybridized carbons (Fsp3) is 0.0800. The number of rotatable bonds is 7. The molecule has 1 fully saturated rings. The Bertz CT molecular complexity index is 1310. The van der Waals surface area contributed by atoms with Crippen LogP contribution >= 0.6 is 35.0 Å². The molecular formula is C25H19Cl2N3O4S. The highest BCUT2D eigenvalue weighted by Gasteiger charge is 2.23. The van der Waals surface area contributed by atoms with E-state index in [0.717, 1.165) is 11.3 Å². The van der Waals surface area contributed by atoms with Crippen LogP contribution in [0.1, 0.15) is 5.56 Å². The van der Waals surface area contributed by atoms with Crippen molar-refractivity contribution in [2.24, 2.45) is 4.99 Å². The minimum atomic E-state index is -0.372. The van der Waals surface area contributed by atoms with E-state index in [1.807, 2.05) is 12.1 Å². The molecule has 0 aliphatic carbocycles. The maximum absolute atomic E-state index is 12.3. The van der Waals surface area contributed by atoms with Crippen molar-refractivity contribution in [3.63, 3.8) is 0 Å². The number of methoxy groups -OCH3 is 1. The van der Waals surface area contributed by atoms with Gasteiger partial charge in [0, 0.05) is 5.02 Å². The number of carbonyl (C=O) groups is 2. The van der Waals surface area contributed by atoms with Gasteiger partial charge in [-0.2, -0.15) is 0 Å². The van der Waals surface area contributed by atoms with E-state index < -0.39 is 0 Å². The van der Waals surface area contributed by atoms with Crippen molar-refractivity contribution in [3.8, 4) is 11.5 Å². The van der Waals surface area contributed by atoms with Gasteiger partial charge in [-0.3, -0.25) is 9.59 Å². The zero-order valence-electron chi connectivity index (χ0n) is 18.4. The normalized spacial score (nSPS) is 15.2. The van der Waals surface area contributed by atoms with Crippen molar-refractivity contribution < 1.29 is 19.1 Å². The van der Waals surface area contributed by atoms with E-state index in [9.17, 15) is 9.59 Å². The lowest BCUT2D eigenvalue weighted by Gasteiger charge is -2.09. The molecule has 2 N–H and O–H groups in total. The second kappa shape index (κ2) is 11.3. The summed E-state index contributed by atoms with van der Waals surface area (Å²) in [5.41, 5.74) is 1.92. The van der Waals surface area contributed by atoms with Gasteiger partial charge in [0.1, 0.15) is 11.5 Å². The summed E-state index contributed by atoms with van der Waals surface area (Å²) in [6, 6.07) is 19.0. The van der Waals surface area contributed by atoms with Crippen molar-refractivity contribution in [3.05, 3.63) is 87.2 Å². The van der Waals surface area contributed by atoms with Crippen LogP contribution in [0, 0.1) is 0 Å². The van der Waals surface area contributed by atoms with E-state index in [2.05, 4.69) is 15.6 Å². The first-order chi connectivity index (χ1) is 16.9. The van der Waals surface area contributed by atoms with Crippen molar-refractivity contribution >= 4 is 69.4 Å². The molecule has 0 radical (unpaired) electrons. The minimum Gasteiger partial charge on any atom is -0.497 e. The lowest BCUT2D eigenvalue weighted by atomic mass is 10.2. The number of hydrogen-bond donors (Lipinski definition) is 2. The fourth-order valence-corrected chi connectivity index (χ4v) is 4.17. The second-order valence-corrected chi connectivity index (χ2v) is 9.08. The van der Waals surface area contributed by atoms with Gasteiger partial charge in [-0.1, -0.05) is 35.3 Å². The number of ether oxygens (including phenoxy) is 2. The van der Waals surface area contributed by atoms with E-state index >= 15 is 0 Å². The third-order valence-electron chi connectivity index (χ3n) is 4.70. The fourth-order valence-electron chi connectivity index (χ4n) is 2.99. The van der Waals surface area contributed by atoms with Crippen LogP contribution in [0.5, 0.6) is 11.5 Å². The number of anilines is 1. The van der Waals surface area contributed by atoms with Crippen LogP contribution in [0.3, 0.4) is 0 Å². The summed E-state index contributed by atoms with van der Waals surface area (Å²) < 4.78 is 10.7. The number of thioether (sulfide) groups is 1. The Hall–Kier alpha value is -3.46. The van der Waals surface area contributed by atoms with Gasteiger partial charge >= 0.3 is 0 Å². The number of halogens is 2. The van der Waals surface area contributed by atoms with E-state index in [0.29, 0.717) is 37.2 Å². The molecule has 0 atom stereocenters. The molecule has 7 nitrogen and oxygen atoms in total. The molecular weight excluding hydrogens is 509 g/mol. The molecule has 0 spiro atoms. The third-order valence-corrected chi connectivity index (χ3v) is 6.18. The number of nitrogens with one attached hydrogen (secondary N) is 2. The molecule has 2 amide bonds. The zero-order chi connectivity index (χ0) is 24.8. The molecule has 3 aromatic carbocycles. The topological polar surface area (TPSA) is 89.0 Å². The highest BCUT2D eigenvalue weighted by atomic mass is 35.5. The highest BCUT2D eigenvalue weighted by molar-refractivity contribution is 8.18. The van der Waals surface area contributed by atoms with Gasteiger partial charge in [0.15, 0.2) is 11.8 Å². The number of benzene rings is 3. The molecule has 35 heavy (non-hydrogen) atoms. The maximum Gasteiger partial charge on any atom is 0.264 e. The molecule has 1 saturated heterocycles. The van der Waals surface area contributed by atoms with Gasteiger partial charge in [-0.05, 0) is 78.0 Å². The molecule has 0 bridgehead atoms. The summed E-state index contributed by atoms with van der Waals surface area (Å²) in [6.07, 6.45) is 1.76. The number of aliphatic imine (C=N–C) groups is 1. The van der Waals surface area contributed by atoms with E-state index in [-0.39, 0.29) is 18.4 Å². The van der Waals surface area contributed by atoms with Gasteiger partial charge in [-0.25, -0.2) is 4.99 Å². The maximum atomic E-state index is 12.3. The van der Waals surface area contributed by atoms with Crippen molar-refractivity contribution in [2.45, 2.75) is 0 Å². The Labute approximate surface area is 216 Å². The first-order valence-corrected chi connectivity index (χ1v) is 11.9. The van der Waals surface area contributed by atoms with E-state index in [1.54, 1.807) is 67.8 Å². The Balaban J connectivity index is 1.33. The Kier molecular flexibility index (Phi) is 7.97. The molecule has 10 heteroatoms. The lowest BCUT2D eigenvalue weighted by Crippen LogP contribution is -2.20. The molecule has 0 saturated carbocycles. The summed E-state index contributed by atoms with van der Waals surface area (Å²) in [4.78, 5) is 29.5. The summed E-state index contributed by atoms with van der Waals surface area (Å²) in [5, 5.41) is 6.76. The summed E-state index contributed by atoms with van der Waals surface area (Å²) >= 11 is 13.2. The first-order valence-electron chi connectivity index (χ1n) is 10.3. The predicted octanol–water partition coefficient (Wildman–Crippen LogP) is 5.91. The minimum absolute atomic E-state index is 0.202. The average Bonchev–Trinajstić information content (AvgIpc) is 3.19. The van der Waals surface area contributed by atoms with Crippen molar-refractivity contribution in [1.29, 1.82) is 0 Å². The molecule has 1 aliphatic rings. The average molecular weight is 528 g/mol. The van der Waals surface area contributed by atoms with Crippen LogP contribution < -0.4 is 20.1 Å². The zero-order valence-corrected chi connectivity index (χ0v) is 20.7. The molecule has 0 unspecified atom stereocenters. The lowest BCUT2D eigenvalue weighted by molar-refractivity contribution is -0.118. The standard InChI is InChI=1S/C25H19Cl2N3O4S/c1-33-18-9-5-17(6-10-18)28-25-30-24(32)22(35-25)12-15-2-7-19(8-3-15)34-14-23(31)29-21-13-16(26)4-11-20(21)27/h2-13H,14H2,1H3,(H,29,31)(H,28,30,32)/b22-12-. The molecule has 0 aromatic heterocycles. The van der Waals surface area contributed by atoms with Crippen LogP contribution in [-0.4, -0.2) is 30.7 Å². The van der Waals surface area contributed by atoms with Crippen LogP contribution in [-0.2, 0) is 9.59 Å². The highest BCUT2D eigenvalue weighted by Crippen LogP contribution is 2.29. The predicted molar refractivity (Wildman–Crippen MR) is 141 cm³/mol. The number of carbonyl (C=O) groups excluding carboxylic acids is 2. The summed E-state index contributed by atoms with van der Waals surface area (Å²) in [5.74, 6) is 0.642. The summed E-state index contributed by atoms with van der Waals surface area (Å²) in [6.45, 7) is -0.202. The van der Waals surface area contributed by atoms with Crippen LogP contribution in [0.4, 0.5) is 11.4 Å². The van der Waals surface area contributed by atoms with Crippen molar-refractivity contribution in [2.75, 3.05) is 19.0 Å². The first kappa shape index (κ1) is 24.7. The van der Waals surface area contributed by atoms with E-state index in [1.165, 1.54) is 11.8 Å². The molecule has 3 aromatic rings. The number of amidine groups is 1. The van der Waals surface area contributed by atoms with Crippen molar-refractivity contribution in [1.82, 2.24) is 5.32 Å². The largest absolute Gasteiger partial charge is 0.497 e. The quantitative estimate of drug-likeness (QED) is 0.372. The van der Waals surface area contributed by atoms with Gasteiger partial charge in [-0.15, -0.1) is 0 Å². The van der Waals surface area contributed by atoms with Crippen LogP contribution in [0.2, 0.25) is 10.0 Å². The SMILES string of the molecule is COc1ccc(N=C2NC(=O)/C(=C/c3ccc(OCC(=O)Nc4cc(Cl)ccc4Cl)cc3)S2)cc1. The Morgan fingerprint density at radius 1 is 1.06 bits per heavy atom. The second-order valence-electron chi connectivity index (χ2n) is 7.21. The molecule has 4 rings (SSSR count).